The van der Waals surface area contributed by atoms with Crippen LogP contribution < -0.4 is 4.57 Å². The van der Waals surface area contributed by atoms with Gasteiger partial charge < -0.3 is 9.55 Å². The van der Waals surface area contributed by atoms with Gasteiger partial charge in [0.15, 0.2) is 17.9 Å². The number of rotatable bonds is 3. The molecule has 0 atom stereocenters. The van der Waals surface area contributed by atoms with Crippen molar-refractivity contribution in [1.29, 1.82) is 0 Å². The van der Waals surface area contributed by atoms with Crippen LogP contribution in [0.1, 0.15) is 46.0 Å². The fraction of sp³-hybridized carbons (Fsp3) is 0.391. The van der Waals surface area contributed by atoms with E-state index in [2.05, 4.69) is 85.2 Å². The molecule has 152 valence electrons. The normalized spacial score (nSPS) is 13.0. The average Bonchev–Trinajstić information content (AvgIpc) is 3.20. The number of nitrogens with one attached hydrogen (secondary N) is 1. The molecule has 0 bridgehead atoms. The maximum atomic E-state index is 6.91. The Kier molecular flexibility index (Phi) is 4.71. The van der Waals surface area contributed by atoms with Gasteiger partial charge in [0.1, 0.15) is 5.52 Å². The number of nitrogens with zero attached hydrogens (tertiary/aromatic N) is 3. The van der Waals surface area contributed by atoms with Crippen molar-refractivity contribution in [3.8, 4) is 0 Å². The summed E-state index contributed by atoms with van der Waals surface area (Å²) in [5.41, 5.74) is 4.19. The summed E-state index contributed by atoms with van der Waals surface area (Å²) in [4.78, 5) is 7.63. The van der Waals surface area contributed by atoms with Crippen molar-refractivity contribution in [2.24, 2.45) is 7.05 Å². The van der Waals surface area contributed by atoms with Gasteiger partial charge >= 0.3 is 0 Å². The van der Waals surface area contributed by atoms with Gasteiger partial charge in [-0.05, 0) is 43.6 Å². The van der Waals surface area contributed by atoms with E-state index in [1.807, 2.05) is 6.07 Å². The third-order valence-corrected chi connectivity index (χ3v) is 6.39. The lowest BCUT2D eigenvalue weighted by atomic mass is 9.89. The Morgan fingerprint density at radius 3 is 2.45 bits per heavy atom. The molecule has 0 aliphatic rings. The van der Waals surface area contributed by atoms with E-state index in [-0.39, 0.29) is 10.8 Å². The van der Waals surface area contributed by atoms with Crippen LogP contribution in [0, 0.1) is 0 Å². The summed E-state index contributed by atoms with van der Waals surface area (Å²) in [7, 11) is 2.09. The van der Waals surface area contributed by atoms with E-state index < -0.39 is 0 Å². The van der Waals surface area contributed by atoms with Crippen LogP contribution in [0.25, 0.3) is 21.8 Å². The number of hydrogen-bond acceptors (Lipinski definition) is 1. The minimum absolute atomic E-state index is 0.0544. The Morgan fingerprint density at radius 2 is 1.79 bits per heavy atom. The second-order valence-corrected chi connectivity index (χ2v) is 10.2. The number of halogens is 2. The van der Waals surface area contributed by atoms with E-state index >= 15 is 0 Å². The van der Waals surface area contributed by atoms with Crippen molar-refractivity contribution in [1.82, 2.24) is 14.5 Å². The maximum Gasteiger partial charge on any atom is 0.299 e. The van der Waals surface area contributed by atoms with Crippen LogP contribution in [0.15, 0.2) is 36.7 Å². The summed E-state index contributed by atoms with van der Waals surface area (Å²) in [6, 6.07) is 8.51. The summed E-state index contributed by atoms with van der Waals surface area (Å²) in [6.45, 7) is 11.8. The molecule has 4 nitrogen and oxygen atoms in total. The fourth-order valence-electron chi connectivity index (χ4n) is 4.12. The molecule has 0 fully saturated rings. The van der Waals surface area contributed by atoms with Crippen molar-refractivity contribution in [2.75, 3.05) is 0 Å². The first-order valence-electron chi connectivity index (χ1n) is 9.80. The van der Waals surface area contributed by atoms with Gasteiger partial charge in [-0.25, -0.2) is 4.98 Å². The molecular formula is C23H27Cl2N4+. The van der Waals surface area contributed by atoms with E-state index in [9.17, 15) is 0 Å². The van der Waals surface area contributed by atoms with E-state index in [0.717, 1.165) is 33.8 Å². The van der Waals surface area contributed by atoms with E-state index in [0.29, 0.717) is 5.15 Å². The smallest absolute Gasteiger partial charge is 0.299 e. The lowest BCUT2D eigenvalue weighted by Crippen LogP contribution is -2.44. The zero-order valence-corrected chi connectivity index (χ0v) is 19.3. The molecule has 0 aromatic carbocycles. The molecule has 0 radical (unpaired) electrons. The van der Waals surface area contributed by atoms with Crippen molar-refractivity contribution in [2.45, 2.75) is 52.0 Å². The molecule has 0 spiro atoms. The molecule has 29 heavy (non-hydrogen) atoms. The molecule has 0 aliphatic carbocycles. The predicted octanol–water partition coefficient (Wildman–Crippen LogP) is 5.92. The van der Waals surface area contributed by atoms with Crippen molar-refractivity contribution in [3.05, 3.63) is 58.4 Å². The predicted molar refractivity (Wildman–Crippen MR) is 121 cm³/mol. The monoisotopic (exact) mass is 429 g/mol. The van der Waals surface area contributed by atoms with Crippen LogP contribution in [0.4, 0.5) is 0 Å². The summed E-state index contributed by atoms with van der Waals surface area (Å²) >= 11 is 13.2. The molecule has 1 N–H and O–H groups in total. The van der Waals surface area contributed by atoms with E-state index in [1.54, 1.807) is 6.20 Å². The van der Waals surface area contributed by atoms with Crippen LogP contribution in [0.5, 0.6) is 0 Å². The molecule has 0 unspecified atom stereocenters. The van der Waals surface area contributed by atoms with Gasteiger partial charge in [-0.2, -0.15) is 4.57 Å². The molecule has 0 amide bonds. The number of fused-ring (bicyclic) bond motifs is 2. The van der Waals surface area contributed by atoms with Crippen LogP contribution >= 0.6 is 23.2 Å². The van der Waals surface area contributed by atoms with Crippen molar-refractivity contribution >= 4 is 45.0 Å². The van der Waals surface area contributed by atoms with Gasteiger partial charge in [0, 0.05) is 46.9 Å². The highest BCUT2D eigenvalue weighted by atomic mass is 35.5. The van der Waals surface area contributed by atoms with Crippen molar-refractivity contribution < 1.29 is 4.57 Å². The fourth-order valence-corrected chi connectivity index (χ4v) is 4.69. The minimum Gasteiger partial charge on any atom is -0.355 e. The first-order chi connectivity index (χ1) is 13.5. The van der Waals surface area contributed by atoms with Gasteiger partial charge in [0.25, 0.3) is 5.15 Å². The third kappa shape index (κ3) is 3.43. The zero-order chi connectivity index (χ0) is 21.1. The van der Waals surface area contributed by atoms with Gasteiger partial charge in [-0.15, -0.1) is 0 Å². The lowest BCUT2D eigenvalue weighted by Gasteiger charge is -2.21. The standard InChI is InChI=1S/C23H27Cl2N4/c1-22(2,3)17-12-15-8-10-29(21(25)19(15)28(17)6)13-23(4,5)16-11-14-7-9-26-20(24)18(14)27-16/h7-12,27H,13H2,1-6H3/q+1. The number of aromatic amines is 1. The Morgan fingerprint density at radius 1 is 1.07 bits per heavy atom. The van der Waals surface area contributed by atoms with Crippen LogP contribution in [0.2, 0.25) is 10.3 Å². The second-order valence-electron chi connectivity index (χ2n) is 9.51. The molecule has 0 saturated carbocycles. The van der Waals surface area contributed by atoms with Gasteiger partial charge in [-0.1, -0.05) is 32.4 Å². The first kappa shape index (κ1) is 20.2. The van der Waals surface area contributed by atoms with Crippen LogP contribution in [-0.4, -0.2) is 14.5 Å². The largest absolute Gasteiger partial charge is 0.355 e. The highest BCUT2D eigenvalue weighted by Gasteiger charge is 2.31. The first-order valence-corrected chi connectivity index (χ1v) is 10.6. The Labute approximate surface area is 181 Å². The minimum atomic E-state index is -0.178. The molecule has 4 rings (SSSR count). The Balaban J connectivity index is 1.77. The van der Waals surface area contributed by atoms with Gasteiger partial charge in [0.05, 0.1) is 10.9 Å². The zero-order valence-electron chi connectivity index (χ0n) is 17.8. The molecule has 4 aromatic heterocycles. The molecule has 6 heteroatoms. The third-order valence-electron chi connectivity index (χ3n) is 5.70. The quantitative estimate of drug-likeness (QED) is 0.318. The molecular weight excluding hydrogens is 403 g/mol. The van der Waals surface area contributed by atoms with Crippen molar-refractivity contribution in [3.63, 3.8) is 0 Å². The van der Waals surface area contributed by atoms with Gasteiger partial charge in [-0.3, -0.25) is 0 Å². The summed E-state index contributed by atoms with van der Waals surface area (Å²) < 4.78 is 4.34. The topological polar surface area (TPSA) is 37.5 Å². The summed E-state index contributed by atoms with van der Waals surface area (Å²) in [6.07, 6.45) is 3.81. The summed E-state index contributed by atoms with van der Waals surface area (Å²) in [5.74, 6) is 0. The SMILES string of the molecule is Cn1c(C(C)(C)C)cc2cc[n+](CC(C)(C)c3cc4ccnc(Cl)c4[nH]3)c(Cl)c21. The van der Waals surface area contributed by atoms with Crippen LogP contribution in [0.3, 0.4) is 0 Å². The molecule has 0 aliphatic heterocycles. The summed E-state index contributed by atoms with van der Waals surface area (Å²) in [5, 5.41) is 3.48. The number of aryl methyl sites for hydroxylation is 1. The Hall–Kier alpha value is -2.04. The molecule has 0 saturated heterocycles. The maximum absolute atomic E-state index is 6.91. The Bertz CT molecular complexity index is 1230. The lowest BCUT2D eigenvalue weighted by molar-refractivity contribution is -0.701. The average molecular weight is 430 g/mol. The van der Waals surface area contributed by atoms with E-state index in [4.69, 9.17) is 23.2 Å². The highest BCUT2D eigenvalue weighted by molar-refractivity contribution is 6.33. The second kappa shape index (κ2) is 6.75. The molecule has 4 heterocycles. The van der Waals surface area contributed by atoms with Crippen LogP contribution in [-0.2, 0) is 24.4 Å². The van der Waals surface area contributed by atoms with E-state index in [1.165, 1.54) is 11.1 Å². The van der Waals surface area contributed by atoms with Gasteiger partial charge in [0.2, 0.25) is 0 Å². The number of pyridine rings is 2. The number of H-pyrrole nitrogens is 1. The number of aromatic nitrogens is 4. The highest BCUT2D eigenvalue weighted by Crippen LogP contribution is 2.32. The molecule has 4 aromatic rings. The number of hydrogen-bond donors (Lipinski definition) is 1.